The highest BCUT2D eigenvalue weighted by Crippen LogP contribution is 2.25. The minimum Gasteiger partial charge on any atom is -0.477 e. The van der Waals surface area contributed by atoms with Crippen LogP contribution in [-0.2, 0) is 4.79 Å². The molecule has 7 nitrogen and oxygen atoms in total. The van der Waals surface area contributed by atoms with Gasteiger partial charge in [0, 0.05) is 38.8 Å². The fourth-order valence-electron chi connectivity index (χ4n) is 3.04. The Bertz CT molecular complexity index is 831. The molecule has 1 aliphatic rings. The number of ether oxygens (including phenoxy) is 1. The summed E-state index contributed by atoms with van der Waals surface area (Å²) in [7, 11) is 0. The number of nitro groups is 1. The van der Waals surface area contributed by atoms with Crippen LogP contribution >= 0.6 is 0 Å². The van der Waals surface area contributed by atoms with Gasteiger partial charge < -0.3 is 9.64 Å². The van der Waals surface area contributed by atoms with Gasteiger partial charge in [0.15, 0.2) is 12.4 Å². The van der Waals surface area contributed by atoms with Crippen molar-refractivity contribution >= 4 is 17.7 Å². The van der Waals surface area contributed by atoms with E-state index >= 15 is 0 Å². The van der Waals surface area contributed by atoms with E-state index in [9.17, 15) is 14.9 Å². The van der Waals surface area contributed by atoms with Crippen LogP contribution in [-0.4, -0.2) is 60.0 Å². The van der Waals surface area contributed by atoms with Gasteiger partial charge in [-0.2, -0.15) is 0 Å². The van der Waals surface area contributed by atoms with E-state index in [1.54, 1.807) is 17.0 Å². The molecule has 0 bridgehead atoms. The van der Waals surface area contributed by atoms with Gasteiger partial charge in [0.25, 0.3) is 5.91 Å². The Hall–Kier alpha value is -3.19. The van der Waals surface area contributed by atoms with Gasteiger partial charge in [0.1, 0.15) is 0 Å². The van der Waals surface area contributed by atoms with E-state index in [1.807, 2.05) is 18.2 Å². The van der Waals surface area contributed by atoms with Gasteiger partial charge >= 0.3 is 5.69 Å². The van der Waals surface area contributed by atoms with Crippen molar-refractivity contribution in [1.29, 1.82) is 0 Å². The number of benzene rings is 2. The number of carbonyl (C=O) groups excluding carboxylic acids is 1. The van der Waals surface area contributed by atoms with Gasteiger partial charge in [-0.3, -0.25) is 19.8 Å². The fourth-order valence-corrected chi connectivity index (χ4v) is 3.04. The third-order valence-corrected chi connectivity index (χ3v) is 4.61. The molecule has 146 valence electrons. The molecule has 0 unspecified atom stereocenters. The number of hydrogen-bond acceptors (Lipinski definition) is 5. The first-order valence-electron chi connectivity index (χ1n) is 9.21. The van der Waals surface area contributed by atoms with Gasteiger partial charge in [-0.1, -0.05) is 54.6 Å². The Kier molecular flexibility index (Phi) is 6.75. The topological polar surface area (TPSA) is 75.9 Å². The molecule has 28 heavy (non-hydrogen) atoms. The molecule has 1 aliphatic heterocycles. The third kappa shape index (κ3) is 5.40. The molecule has 0 spiro atoms. The maximum absolute atomic E-state index is 12.4. The Balaban J connectivity index is 1.43. The average molecular weight is 381 g/mol. The summed E-state index contributed by atoms with van der Waals surface area (Å²) in [5.74, 6) is -0.0387. The van der Waals surface area contributed by atoms with Crippen LogP contribution in [0.3, 0.4) is 0 Å². The van der Waals surface area contributed by atoms with Crippen LogP contribution < -0.4 is 4.74 Å². The molecule has 0 atom stereocenters. The van der Waals surface area contributed by atoms with E-state index in [0.29, 0.717) is 13.1 Å². The molecular weight excluding hydrogens is 358 g/mol. The van der Waals surface area contributed by atoms with Gasteiger partial charge in [-0.15, -0.1) is 0 Å². The van der Waals surface area contributed by atoms with Gasteiger partial charge in [0.05, 0.1) is 4.92 Å². The summed E-state index contributed by atoms with van der Waals surface area (Å²) in [6.45, 7) is 3.46. The summed E-state index contributed by atoms with van der Waals surface area (Å²) in [6, 6.07) is 16.2. The van der Waals surface area contributed by atoms with Crippen molar-refractivity contribution < 1.29 is 14.5 Å². The van der Waals surface area contributed by atoms with Crippen molar-refractivity contribution in [3.8, 4) is 5.75 Å². The second-order valence-electron chi connectivity index (χ2n) is 6.51. The molecule has 3 rings (SSSR count). The third-order valence-electron chi connectivity index (χ3n) is 4.61. The molecule has 2 aromatic rings. The SMILES string of the molecule is O=C(COc1ccccc1[N+](=O)[O-])N1CCN(C/C=C/c2ccccc2)CC1. The van der Waals surface area contributed by atoms with E-state index < -0.39 is 4.92 Å². The van der Waals surface area contributed by atoms with Gasteiger partial charge in [-0.05, 0) is 11.6 Å². The van der Waals surface area contributed by atoms with Crippen LogP contribution in [0.15, 0.2) is 60.7 Å². The second-order valence-corrected chi connectivity index (χ2v) is 6.51. The molecule has 1 fully saturated rings. The lowest BCUT2D eigenvalue weighted by Crippen LogP contribution is -2.49. The minimum absolute atomic E-state index is 0.116. The molecule has 0 radical (unpaired) electrons. The number of hydrogen-bond donors (Lipinski definition) is 0. The van der Waals surface area contributed by atoms with Crippen LogP contribution in [0.1, 0.15) is 5.56 Å². The van der Waals surface area contributed by atoms with E-state index in [4.69, 9.17) is 4.74 Å². The van der Waals surface area contributed by atoms with E-state index in [1.165, 1.54) is 17.7 Å². The Morgan fingerprint density at radius 3 is 2.43 bits per heavy atom. The van der Waals surface area contributed by atoms with E-state index in [-0.39, 0.29) is 24.0 Å². The van der Waals surface area contributed by atoms with Crippen molar-refractivity contribution in [2.75, 3.05) is 39.3 Å². The summed E-state index contributed by atoms with van der Waals surface area (Å²) >= 11 is 0. The first-order chi connectivity index (χ1) is 13.6. The number of rotatable bonds is 7. The molecule has 0 aliphatic carbocycles. The largest absolute Gasteiger partial charge is 0.477 e. The molecule has 1 heterocycles. The maximum atomic E-state index is 12.4. The lowest BCUT2D eigenvalue weighted by atomic mass is 10.2. The molecule has 0 aromatic heterocycles. The Morgan fingerprint density at radius 1 is 1.04 bits per heavy atom. The molecule has 0 saturated carbocycles. The van der Waals surface area contributed by atoms with Gasteiger partial charge in [0.2, 0.25) is 0 Å². The summed E-state index contributed by atoms with van der Waals surface area (Å²) in [5, 5.41) is 11.0. The fraction of sp³-hybridized carbons (Fsp3) is 0.286. The van der Waals surface area contributed by atoms with Crippen LogP contribution in [0, 0.1) is 10.1 Å². The zero-order valence-corrected chi connectivity index (χ0v) is 15.6. The number of nitrogens with zero attached hydrogens (tertiary/aromatic N) is 3. The molecule has 7 heteroatoms. The van der Waals surface area contributed by atoms with E-state index in [0.717, 1.165) is 19.6 Å². The second kappa shape index (κ2) is 9.66. The molecule has 2 aromatic carbocycles. The number of piperazine rings is 1. The number of carbonyl (C=O) groups is 1. The average Bonchev–Trinajstić information content (AvgIpc) is 2.73. The van der Waals surface area contributed by atoms with Crippen LogP contribution in [0.4, 0.5) is 5.69 Å². The highest BCUT2D eigenvalue weighted by Gasteiger charge is 2.22. The van der Waals surface area contributed by atoms with Crippen molar-refractivity contribution in [2.24, 2.45) is 0 Å². The quantitative estimate of drug-likeness (QED) is 0.545. The predicted molar refractivity (Wildman–Crippen MR) is 107 cm³/mol. The zero-order valence-electron chi connectivity index (χ0n) is 15.6. The summed E-state index contributed by atoms with van der Waals surface area (Å²) in [5.41, 5.74) is 1.04. The zero-order chi connectivity index (χ0) is 19.8. The maximum Gasteiger partial charge on any atom is 0.310 e. The lowest BCUT2D eigenvalue weighted by Gasteiger charge is -2.34. The standard InChI is InChI=1S/C21H23N3O4/c25-21(17-28-20-11-5-4-10-19(20)24(26)27)23-15-13-22(14-16-23)12-6-9-18-7-2-1-3-8-18/h1-11H,12-17H2/b9-6+. The van der Waals surface area contributed by atoms with Crippen molar-refractivity contribution in [3.63, 3.8) is 0 Å². The summed E-state index contributed by atoms with van der Waals surface area (Å²) in [6.07, 6.45) is 4.22. The van der Waals surface area contributed by atoms with Crippen LogP contribution in [0.5, 0.6) is 5.75 Å². The van der Waals surface area contributed by atoms with Crippen LogP contribution in [0.25, 0.3) is 6.08 Å². The number of nitro benzene ring substituents is 1. The molecule has 1 amide bonds. The smallest absolute Gasteiger partial charge is 0.310 e. The highest BCUT2D eigenvalue weighted by molar-refractivity contribution is 5.78. The molecule has 1 saturated heterocycles. The summed E-state index contributed by atoms with van der Waals surface area (Å²) in [4.78, 5) is 26.9. The first-order valence-corrected chi connectivity index (χ1v) is 9.21. The first kappa shape index (κ1) is 19.6. The number of amides is 1. The Labute approximate surface area is 164 Å². The monoisotopic (exact) mass is 381 g/mol. The lowest BCUT2D eigenvalue weighted by molar-refractivity contribution is -0.385. The highest BCUT2D eigenvalue weighted by atomic mass is 16.6. The van der Waals surface area contributed by atoms with E-state index in [2.05, 4.69) is 29.2 Å². The van der Waals surface area contributed by atoms with Crippen LogP contribution in [0.2, 0.25) is 0 Å². The van der Waals surface area contributed by atoms with Crippen molar-refractivity contribution in [3.05, 3.63) is 76.4 Å². The van der Waals surface area contributed by atoms with Crippen molar-refractivity contribution in [1.82, 2.24) is 9.80 Å². The predicted octanol–water partition coefficient (Wildman–Crippen LogP) is 2.83. The van der Waals surface area contributed by atoms with Gasteiger partial charge in [-0.25, -0.2) is 0 Å². The minimum atomic E-state index is -0.512. The van der Waals surface area contributed by atoms with Crippen molar-refractivity contribution in [2.45, 2.75) is 0 Å². The summed E-state index contributed by atoms with van der Waals surface area (Å²) < 4.78 is 5.40. The molecular formula is C21H23N3O4. The number of para-hydroxylation sites is 2. The molecule has 0 N–H and O–H groups in total. The normalized spacial score (nSPS) is 14.9. The Morgan fingerprint density at radius 2 is 1.71 bits per heavy atom.